The van der Waals surface area contributed by atoms with Gasteiger partial charge in [0.05, 0.1) is 12.1 Å². The SMILES string of the molecule is O=C(Cc1cccc(F)c1)N1CCN(C(=O)c2ccc(-n3cc[nH]c3=O)cc2)CC1. The van der Waals surface area contributed by atoms with Crippen LogP contribution in [0.1, 0.15) is 15.9 Å². The summed E-state index contributed by atoms with van der Waals surface area (Å²) in [5.74, 6) is -0.544. The van der Waals surface area contributed by atoms with E-state index in [0.29, 0.717) is 43.0 Å². The average Bonchev–Trinajstić information content (AvgIpc) is 3.19. The first-order chi connectivity index (χ1) is 14.5. The summed E-state index contributed by atoms with van der Waals surface area (Å²) in [6, 6.07) is 12.9. The maximum atomic E-state index is 13.3. The zero-order valence-corrected chi connectivity index (χ0v) is 16.3. The van der Waals surface area contributed by atoms with Crippen LogP contribution in [-0.2, 0) is 11.2 Å². The third-order valence-corrected chi connectivity index (χ3v) is 5.21. The Hall–Kier alpha value is -3.68. The van der Waals surface area contributed by atoms with Crippen molar-refractivity contribution in [2.75, 3.05) is 26.2 Å². The molecule has 1 aromatic heterocycles. The Bertz CT molecular complexity index is 1110. The van der Waals surface area contributed by atoms with Crippen molar-refractivity contribution in [1.29, 1.82) is 0 Å². The van der Waals surface area contributed by atoms with Gasteiger partial charge in [-0.3, -0.25) is 14.2 Å². The molecule has 1 aliphatic heterocycles. The van der Waals surface area contributed by atoms with Crippen LogP contribution >= 0.6 is 0 Å². The van der Waals surface area contributed by atoms with Crippen molar-refractivity contribution in [3.05, 3.63) is 88.4 Å². The fourth-order valence-corrected chi connectivity index (χ4v) is 3.56. The molecule has 0 spiro atoms. The number of carbonyl (C=O) groups is 2. The van der Waals surface area contributed by atoms with Crippen molar-refractivity contribution in [2.24, 2.45) is 0 Å². The minimum absolute atomic E-state index is 0.0750. The highest BCUT2D eigenvalue weighted by atomic mass is 19.1. The maximum Gasteiger partial charge on any atom is 0.330 e. The van der Waals surface area contributed by atoms with Gasteiger partial charge < -0.3 is 14.8 Å². The largest absolute Gasteiger partial charge is 0.339 e. The Balaban J connectivity index is 1.34. The number of aromatic nitrogens is 2. The normalized spacial score (nSPS) is 14.0. The third-order valence-electron chi connectivity index (χ3n) is 5.21. The summed E-state index contributed by atoms with van der Waals surface area (Å²) in [6.07, 6.45) is 3.32. The molecular weight excluding hydrogens is 387 g/mol. The molecule has 0 radical (unpaired) electrons. The lowest BCUT2D eigenvalue weighted by molar-refractivity contribution is -0.131. The van der Waals surface area contributed by atoms with E-state index in [2.05, 4.69) is 4.98 Å². The molecule has 0 unspecified atom stereocenters. The zero-order chi connectivity index (χ0) is 21.1. The number of rotatable bonds is 4. The molecule has 7 nitrogen and oxygen atoms in total. The van der Waals surface area contributed by atoms with Gasteiger partial charge in [-0.1, -0.05) is 12.1 Å². The lowest BCUT2D eigenvalue weighted by atomic mass is 10.1. The van der Waals surface area contributed by atoms with E-state index < -0.39 is 0 Å². The van der Waals surface area contributed by atoms with Gasteiger partial charge in [0.2, 0.25) is 5.91 Å². The van der Waals surface area contributed by atoms with Crippen LogP contribution < -0.4 is 5.69 Å². The molecule has 1 N–H and O–H groups in total. The summed E-state index contributed by atoms with van der Waals surface area (Å²) in [6.45, 7) is 1.76. The van der Waals surface area contributed by atoms with Crippen LogP contribution in [0.15, 0.2) is 65.7 Å². The van der Waals surface area contributed by atoms with Gasteiger partial charge in [0.15, 0.2) is 0 Å². The van der Waals surface area contributed by atoms with E-state index in [-0.39, 0.29) is 29.7 Å². The molecule has 0 saturated carbocycles. The number of hydrogen-bond donors (Lipinski definition) is 1. The van der Waals surface area contributed by atoms with Crippen molar-refractivity contribution in [2.45, 2.75) is 6.42 Å². The highest BCUT2D eigenvalue weighted by molar-refractivity contribution is 5.94. The topological polar surface area (TPSA) is 78.4 Å². The molecule has 1 saturated heterocycles. The lowest BCUT2D eigenvalue weighted by Gasteiger charge is -2.35. The monoisotopic (exact) mass is 408 g/mol. The predicted molar refractivity (Wildman–Crippen MR) is 109 cm³/mol. The number of amides is 2. The molecule has 0 atom stereocenters. The van der Waals surface area contributed by atoms with Gasteiger partial charge in [0.25, 0.3) is 5.91 Å². The molecule has 2 amide bonds. The molecule has 2 aromatic carbocycles. The fraction of sp³-hybridized carbons (Fsp3) is 0.227. The summed E-state index contributed by atoms with van der Waals surface area (Å²) >= 11 is 0. The summed E-state index contributed by atoms with van der Waals surface area (Å²) in [4.78, 5) is 42.9. The number of imidazole rings is 1. The second-order valence-corrected chi connectivity index (χ2v) is 7.16. The molecule has 154 valence electrons. The second-order valence-electron chi connectivity index (χ2n) is 7.16. The minimum atomic E-state index is -0.358. The lowest BCUT2D eigenvalue weighted by Crippen LogP contribution is -2.51. The number of H-pyrrole nitrogens is 1. The number of aromatic amines is 1. The zero-order valence-electron chi connectivity index (χ0n) is 16.3. The van der Waals surface area contributed by atoms with E-state index in [1.54, 1.807) is 58.6 Å². The Morgan fingerprint density at radius 2 is 1.67 bits per heavy atom. The highest BCUT2D eigenvalue weighted by Gasteiger charge is 2.25. The molecule has 8 heteroatoms. The van der Waals surface area contributed by atoms with E-state index in [1.807, 2.05) is 0 Å². The number of nitrogens with one attached hydrogen (secondary N) is 1. The third kappa shape index (κ3) is 4.17. The Morgan fingerprint density at radius 3 is 2.30 bits per heavy atom. The summed E-state index contributed by atoms with van der Waals surface area (Å²) in [5.41, 5.74) is 1.60. The van der Waals surface area contributed by atoms with E-state index in [9.17, 15) is 18.8 Å². The van der Waals surface area contributed by atoms with Crippen molar-refractivity contribution < 1.29 is 14.0 Å². The first-order valence-corrected chi connectivity index (χ1v) is 9.69. The molecule has 2 heterocycles. The summed E-state index contributed by atoms with van der Waals surface area (Å²) < 4.78 is 14.8. The maximum absolute atomic E-state index is 13.3. The van der Waals surface area contributed by atoms with Gasteiger partial charge in [0, 0.05) is 44.1 Å². The van der Waals surface area contributed by atoms with Crippen molar-refractivity contribution in [3.8, 4) is 5.69 Å². The molecule has 4 rings (SSSR count). The Labute approximate surface area is 172 Å². The van der Waals surface area contributed by atoms with Gasteiger partial charge in [-0.15, -0.1) is 0 Å². The van der Waals surface area contributed by atoms with Crippen molar-refractivity contribution in [3.63, 3.8) is 0 Å². The van der Waals surface area contributed by atoms with Gasteiger partial charge in [-0.2, -0.15) is 0 Å². The molecule has 30 heavy (non-hydrogen) atoms. The van der Waals surface area contributed by atoms with Gasteiger partial charge in [-0.25, -0.2) is 9.18 Å². The molecule has 3 aromatic rings. The predicted octanol–water partition coefficient (Wildman–Crippen LogP) is 1.83. The number of carbonyl (C=O) groups excluding carboxylic acids is 2. The number of nitrogens with zero attached hydrogens (tertiary/aromatic N) is 3. The number of hydrogen-bond acceptors (Lipinski definition) is 3. The molecule has 0 aliphatic carbocycles. The van der Waals surface area contributed by atoms with Gasteiger partial charge in [0.1, 0.15) is 5.82 Å². The average molecular weight is 408 g/mol. The first kappa shape index (κ1) is 19.6. The number of halogens is 1. The Kier molecular flexibility index (Phi) is 5.47. The van der Waals surface area contributed by atoms with Crippen LogP contribution in [0.3, 0.4) is 0 Å². The van der Waals surface area contributed by atoms with Crippen molar-refractivity contribution in [1.82, 2.24) is 19.4 Å². The van der Waals surface area contributed by atoms with Crippen LogP contribution in [0, 0.1) is 5.82 Å². The van der Waals surface area contributed by atoms with Gasteiger partial charge in [-0.05, 0) is 42.0 Å². The first-order valence-electron chi connectivity index (χ1n) is 9.69. The molecule has 0 bridgehead atoms. The van der Waals surface area contributed by atoms with Crippen molar-refractivity contribution >= 4 is 11.8 Å². The Morgan fingerprint density at radius 1 is 0.967 bits per heavy atom. The van der Waals surface area contributed by atoms with Gasteiger partial charge >= 0.3 is 5.69 Å². The number of benzene rings is 2. The molecule has 1 fully saturated rings. The van der Waals surface area contributed by atoms with E-state index in [4.69, 9.17) is 0 Å². The van der Waals surface area contributed by atoms with E-state index in [1.165, 1.54) is 16.7 Å². The molecular formula is C22H21FN4O3. The fourth-order valence-electron chi connectivity index (χ4n) is 3.56. The van der Waals surface area contributed by atoms with Crippen LogP contribution in [0.5, 0.6) is 0 Å². The number of piperazine rings is 1. The minimum Gasteiger partial charge on any atom is -0.339 e. The van der Waals surface area contributed by atoms with Crippen LogP contribution in [-0.4, -0.2) is 57.3 Å². The quantitative estimate of drug-likeness (QED) is 0.716. The second kappa shape index (κ2) is 8.36. The standard InChI is InChI=1S/C22H21FN4O3/c23-18-3-1-2-16(14-18)15-20(28)25-10-12-26(13-11-25)21(29)17-4-6-19(7-5-17)27-9-8-24-22(27)30/h1-9,14H,10-13,15H2,(H,24,30). The van der Waals surface area contributed by atoms with E-state index in [0.717, 1.165) is 0 Å². The van der Waals surface area contributed by atoms with Crippen LogP contribution in [0.25, 0.3) is 5.69 Å². The smallest absolute Gasteiger partial charge is 0.330 e. The van der Waals surface area contributed by atoms with Crippen LogP contribution in [0.2, 0.25) is 0 Å². The summed E-state index contributed by atoms with van der Waals surface area (Å²) in [5, 5.41) is 0. The highest BCUT2D eigenvalue weighted by Crippen LogP contribution is 2.13. The van der Waals surface area contributed by atoms with Crippen LogP contribution in [0.4, 0.5) is 4.39 Å². The summed E-state index contributed by atoms with van der Waals surface area (Å²) in [7, 11) is 0. The van der Waals surface area contributed by atoms with E-state index >= 15 is 0 Å². The molecule has 1 aliphatic rings.